The molecule has 0 aliphatic heterocycles. The van der Waals surface area contributed by atoms with Crippen LogP contribution in [-0.2, 0) is 12.8 Å². The van der Waals surface area contributed by atoms with E-state index in [4.69, 9.17) is 10.3 Å². The van der Waals surface area contributed by atoms with Gasteiger partial charge in [0, 0.05) is 18.9 Å². The van der Waals surface area contributed by atoms with Gasteiger partial charge in [-0.1, -0.05) is 48.3 Å². The summed E-state index contributed by atoms with van der Waals surface area (Å²) in [5.41, 5.74) is 7.44. The summed E-state index contributed by atoms with van der Waals surface area (Å²) in [5, 5.41) is 4.05. The van der Waals surface area contributed by atoms with Crippen LogP contribution < -0.4 is 5.73 Å². The smallest absolute Gasteiger partial charge is 0.228 e. The Bertz CT molecular complexity index is 532. The number of hydrogen-bond donors (Lipinski definition) is 1. The third kappa shape index (κ3) is 3.25. The van der Waals surface area contributed by atoms with Crippen LogP contribution in [0.4, 0.5) is 0 Å². The first kappa shape index (κ1) is 13.3. The monoisotopic (exact) mass is 271 g/mol. The molecule has 1 saturated carbocycles. The van der Waals surface area contributed by atoms with Crippen molar-refractivity contribution in [3.63, 3.8) is 0 Å². The number of nitrogens with zero attached hydrogens (tertiary/aromatic N) is 2. The summed E-state index contributed by atoms with van der Waals surface area (Å²) in [7, 11) is 0. The van der Waals surface area contributed by atoms with E-state index in [1.54, 1.807) is 0 Å². The highest BCUT2D eigenvalue weighted by atomic mass is 16.5. The SMILES string of the molecule is NC(Cc1nc(Cc2ccccc2)no1)C1CCCC1. The third-order valence-corrected chi connectivity index (χ3v) is 4.13. The molecule has 0 saturated heterocycles. The molecule has 4 heteroatoms. The first-order valence-corrected chi connectivity index (χ1v) is 7.42. The van der Waals surface area contributed by atoms with Crippen LogP contribution in [0.5, 0.6) is 0 Å². The molecule has 1 fully saturated rings. The van der Waals surface area contributed by atoms with Gasteiger partial charge in [0.15, 0.2) is 5.82 Å². The molecular formula is C16H21N3O. The summed E-state index contributed by atoms with van der Waals surface area (Å²) in [4.78, 5) is 4.46. The van der Waals surface area contributed by atoms with Crippen molar-refractivity contribution in [1.82, 2.24) is 10.1 Å². The number of rotatable bonds is 5. The molecule has 0 amide bonds. The van der Waals surface area contributed by atoms with Crippen LogP contribution in [0.15, 0.2) is 34.9 Å². The minimum atomic E-state index is 0.155. The second-order valence-electron chi connectivity index (χ2n) is 5.68. The van der Waals surface area contributed by atoms with Gasteiger partial charge in [0.25, 0.3) is 0 Å². The highest BCUT2D eigenvalue weighted by molar-refractivity contribution is 5.18. The Kier molecular flexibility index (Phi) is 4.11. The molecule has 2 N–H and O–H groups in total. The van der Waals surface area contributed by atoms with Crippen molar-refractivity contribution in [3.8, 4) is 0 Å². The molecular weight excluding hydrogens is 250 g/mol. The summed E-state index contributed by atoms with van der Waals surface area (Å²) in [6.07, 6.45) is 6.51. The van der Waals surface area contributed by atoms with Crippen LogP contribution in [0.3, 0.4) is 0 Å². The summed E-state index contributed by atoms with van der Waals surface area (Å²) in [6.45, 7) is 0. The van der Waals surface area contributed by atoms with Crippen LogP contribution in [-0.4, -0.2) is 16.2 Å². The first-order valence-electron chi connectivity index (χ1n) is 7.42. The predicted octanol–water partition coefficient (Wildman–Crippen LogP) is 2.72. The third-order valence-electron chi connectivity index (χ3n) is 4.13. The van der Waals surface area contributed by atoms with E-state index >= 15 is 0 Å². The average Bonchev–Trinajstić information content (AvgIpc) is 3.11. The highest BCUT2D eigenvalue weighted by Gasteiger charge is 2.23. The lowest BCUT2D eigenvalue weighted by molar-refractivity contribution is 0.339. The zero-order valence-corrected chi connectivity index (χ0v) is 11.7. The number of hydrogen-bond acceptors (Lipinski definition) is 4. The van der Waals surface area contributed by atoms with E-state index in [1.807, 2.05) is 18.2 Å². The second-order valence-corrected chi connectivity index (χ2v) is 5.68. The Hall–Kier alpha value is -1.68. The van der Waals surface area contributed by atoms with Gasteiger partial charge in [-0.25, -0.2) is 0 Å². The van der Waals surface area contributed by atoms with Gasteiger partial charge in [0.2, 0.25) is 5.89 Å². The van der Waals surface area contributed by atoms with Gasteiger partial charge >= 0.3 is 0 Å². The zero-order chi connectivity index (χ0) is 13.8. The molecule has 106 valence electrons. The lowest BCUT2D eigenvalue weighted by Gasteiger charge is -2.16. The molecule has 0 bridgehead atoms. The van der Waals surface area contributed by atoms with Crippen molar-refractivity contribution in [1.29, 1.82) is 0 Å². The molecule has 4 nitrogen and oxygen atoms in total. The fraction of sp³-hybridized carbons (Fsp3) is 0.500. The molecule has 3 rings (SSSR count). The van der Waals surface area contributed by atoms with Gasteiger partial charge in [-0.3, -0.25) is 0 Å². The maximum atomic E-state index is 6.25. The summed E-state index contributed by atoms with van der Waals surface area (Å²) < 4.78 is 5.33. The molecule has 20 heavy (non-hydrogen) atoms. The quantitative estimate of drug-likeness (QED) is 0.908. The number of nitrogens with two attached hydrogens (primary N) is 1. The molecule has 1 atom stereocenters. The largest absolute Gasteiger partial charge is 0.339 e. The summed E-state index contributed by atoms with van der Waals surface area (Å²) >= 11 is 0. The van der Waals surface area contributed by atoms with Gasteiger partial charge in [-0.2, -0.15) is 4.98 Å². The molecule has 1 aromatic carbocycles. The first-order chi connectivity index (χ1) is 9.81. The standard InChI is InChI=1S/C16H21N3O/c17-14(13-8-4-5-9-13)11-16-18-15(19-20-16)10-12-6-2-1-3-7-12/h1-3,6-7,13-14H,4-5,8-11,17H2. The van der Waals surface area contributed by atoms with Crippen LogP contribution in [0.25, 0.3) is 0 Å². The Morgan fingerprint density at radius 1 is 1.20 bits per heavy atom. The van der Waals surface area contributed by atoms with Crippen LogP contribution in [0.1, 0.15) is 43.0 Å². The molecule has 1 heterocycles. The van der Waals surface area contributed by atoms with Crippen molar-refractivity contribution < 1.29 is 4.52 Å². The molecule has 1 unspecified atom stereocenters. The lowest BCUT2D eigenvalue weighted by atomic mass is 9.96. The zero-order valence-electron chi connectivity index (χ0n) is 11.7. The molecule has 0 radical (unpaired) electrons. The average molecular weight is 271 g/mol. The van der Waals surface area contributed by atoms with Gasteiger partial charge in [0.05, 0.1) is 0 Å². The molecule has 1 aliphatic rings. The van der Waals surface area contributed by atoms with Gasteiger partial charge < -0.3 is 10.3 Å². The van der Waals surface area contributed by atoms with Crippen LogP contribution in [0, 0.1) is 5.92 Å². The predicted molar refractivity (Wildman–Crippen MR) is 77.2 cm³/mol. The highest BCUT2D eigenvalue weighted by Crippen LogP contribution is 2.28. The minimum absolute atomic E-state index is 0.155. The van der Waals surface area contributed by atoms with Crippen molar-refractivity contribution in [2.75, 3.05) is 0 Å². The second kappa shape index (κ2) is 6.18. The van der Waals surface area contributed by atoms with Crippen molar-refractivity contribution in [3.05, 3.63) is 47.6 Å². The van der Waals surface area contributed by atoms with E-state index < -0.39 is 0 Å². The Morgan fingerprint density at radius 3 is 2.70 bits per heavy atom. The van der Waals surface area contributed by atoms with E-state index in [9.17, 15) is 0 Å². The van der Waals surface area contributed by atoms with Crippen molar-refractivity contribution >= 4 is 0 Å². The molecule has 1 aliphatic carbocycles. The lowest BCUT2D eigenvalue weighted by Crippen LogP contribution is -2.30. The normalized spacial score (nSPS) is 17.4. The molecule has 2 aromatic rings. The van der Waals surface area contributed by atoms with Crippen LogP contribution in [0.2, 0.25) is 0 Å². The van der Waals surface area contributed by atoms with E-state index in [1.165, 1.54) is 31.2 Å². The van der Waals surface area contributed by atoms with Gasteiger partial charge in [-0.05, 0) is 24.3 Å². The Morgan fingerprint density at radius 2 is 1.95 bits per heavy atom. The maximum Gasteiger partial charge on any atom is 0.228 e. The van der Waals surface area contributed by atoms with E-state index in [-0.39, 0.29) is 6.04 Å². The molecule has 1 aromatic heterocycles. The fourth-order valence-electron chi connectivity index (χ4n) is 2.98. The van der Waals surface area contributed by atoms with E-state index in [0.29, 0.717) is 24.7 Å². The van der Waals surface area contributed by atoms with Crippen molar-refractivity contribution in [2.24, 2.45) is 11.7 Å². The van der Waals surface area contributed by atoms with Crippen LogP contribution >= 0.6 is 0 Å². The van der Waals surface area contributed by atoms with Gasteiger partial charge in [-0.15, -0.1) is 0 Å². The topological polar surface area (TPSA) is 64.9 Å². The minimum Gasteiger partial charge on any atom is -0.339 e. The van der Waals surface area contributed by atoms with E-state index in [0.717, 1.165) is 5.82 Å². The summed E-state index contributed by atoms with van der Waals surface area (Å²) in [6, 6.07) is 10.3. The number of benzene rings is 1. The Labute approximate surface area is 119 Å². The Balaban J connectivity index is 1.59. The number of aromatic nitrogens is 2. The van der Waals surface area contributed by atoms with Crippen molar-refractivity contribution in [2.45, 2.75) is 44.6 Å². The maximum absolute atomic E-state index is 6.25. The summed E-state index contributed by atoms with van der Waals surface area (Å²) in [5.74, 6) is 2.04. The fourth-order valence-corrected chi connectivity index (χ4v) is 2.98. The van der Waals surface area contributed by atoms with E-state index in [2.05, 4.69) is 22.3 Å². The molecule has 0 spiro atoms. The van der Waals surface area contributed by atoms with Gasteiger partial charge in [0.1, 0.15) is 0 Å².